The van der Waals surface area contributed by atoms with Crippen LogP contribution in [-0.4, -0.2) is 52.4 Å². The first-order valence-electron chi connectivity index (χ1n) is 10.8. The van der Waals surface area contributed by atoms with Gasteiger partial charge >= 0.3 is 0 Å². The topological polar surface area (TPSA) is 113 Å². The van der Waals surface area contributed by atoms with Crippen LogP contribution < -0.4 is 5.32 Å². The second-order valence-corrected chi connectivity index (χ2v) is 10.9. The second-order valence-electron chi connectivity index (χ2n) is 7.92. The molecule has 4 aromatic rings. The van der Waals surface area contributed by atoms with Crippen molar-refractivity contribution in [3.8, 4) is 0 Å². The van der Waals surface area contributed by atoms with Gasteiger partial charge in [-0.15, -0.1) is 11.3 Å². The summed E-state index contributed by atoms with van der Waals surface area (Å²) >= 11 is 1.58. The number of nitrogens with zero attached hydrogens (tertiary/aromatic N) is 4. The third-order valence-corrected chi connectivity index (χ3v) is 8.12. The number of hydrogen-bond acceptors (Lipinski definition) is 8. The Balaban J connectivity index is 1.28. The quantitative estimate of drug-likeness (QED) is 0.401. The summed E-state index contributed by atoms with van der Waals surface area (Å²) in [5, 5.41) is 4.09. The number of H-pyrrole nitrogens is 1. The maximum atomic E-state index is 13.0. The zero-order valence-electron chi connectivity index (χ0n) is 18.5. The molecule has 3 aromatic heterocycles. The first kappa shape index (κ1) is 22.7. The number of pyridine rings is 1. The maximum absolute atomic E-state index is 13.0. The van der Waals surface area contributed by atoms with E-state index in [0.29, 0.717) is 17.3 Å². The highest BCUT2D eigenvalue weighted by molar-refractivity contribution is 7.89. The Morgan fingerprint density at radius 2 is 2.00 bits per heavy atom. The zero-order valence-corrected chi connectivity index (χ0v) is 20.1. The molecule has 0 saturated carbocycles. The first-order chi connectivity index (χ1) is 16.5. The van der Waals surface area contributed by atoms with Crippen molar-refractivity contribution < 1.29 is 13.2 Å². The number of ether oxygens (including phenoxy) is 1. The van der Waals surface area contributed by atoms with E-state index in [0.717, 1.165) is 16.4 Å². The Labute approximate surface area is 201 Å². The fourth-order valence-corrected chi connectivity index (χ4v) is 5.99. The minimum atomic E-state index is -3.68. The molecule has 9 nitrogen and oxygen atoms in total. The van der Waals surface area contributed by atoms with Crippen molar-refractivity contribution >= 4 is 32.3 Å². The molecule has 1 aromatic carbocycles. The summed E-state index contributed by atoms with van der Waals surface area (Å²) in [6.45, 7) is 2.45. The fourth-order valence-electron chi connectivity index (χ4n) is 3.75. The van der Waals surface area contributed by atoms with Gasteiger partial charge in [0.05, 0.1) is 18.5 Å². The highest BCUT2D eigenvalue weighted by atomic mass is 32.2. The van der Waals surface area contributed by atoms with Crippen LogP contribution >= 0.6 is 11.3 Å². The fraction of sp³-hybridized carbons (Fsp3) is 0.261. The lowest BCUT2D eigenvalue weighted by molar-refractivity contribution is -0.00492. The predicted octanol–water partition coefficient (Wildman–Crippen LogP) is 3.67. The van der Waals surface area contributed by atoms with Crippen LogP contribution in [0.15, 0.2) is 66.0 Å². The summed E-state index contributed by atoms with van der Waals surface area (Å²) < 4.78 is 33.2. The molecule has 5 rings (SSSR count). The number of thiazole rings is 1. The molecule has 2 N–H and O–H groups in total. The first-order valence-corrected chi connectivity index (χ1v) is 13.1. The van der Waals surface area contributed by atoms with E-state index in [1.807, 2.05) is 42.6 Å². The van der Waals surface area contributed by atoms with E-state index in [9.17, 15) is 8.42 Å². The molecule has 1 saturated heterocycles. The third kappa shape index (κ3) is 5.02. The van der Waals surface area contributed by atoms with Crippen molar-refractivity contribution in [3.05, 3.63) is 82.9 Å². The number of aryl methyl sites for hydroxylation is 1. The van der Waals surface area contributed by atoms with E-state index in [4.69, 9.17) is 4.74 Å². The Bertz CT molecular complexity index is 1370. The van der Waals surface area contributed by atoms with Gasteiger partial charge in [0, 0.05) is 30.6 Å². The van der Waals surface area contributed by atoms with Gasteiger partial charge in [0.1, 0.15) is 17.7 Å². The van der Waals surface area contributed by atoms with Crippen LogP contribution in [0.4, 0.5) is 10.9 Å². The lowest BCUT2D eigenvalue weighted by atomic mass is 10.1. The summed E-state index contributed by atoms with van der Waals surface area (Å²) in [4.78, 5) is 17.1. The van der Waals surface area contributed by atoms with Crippen LogP contribution in [0.25, 0.3) is 0 Å². The third-order valence-electron chi connectivity index (χ3n) is 5.44. The smallest absolute Gasteiger partial charge is 0.260 e. The van der Waals surface area contributed by atoms with Crippen molar-refractivity contribution in [2.75, 3.05) is 25.0 Å². The van der Waals surface area contributed by atoms with Gasteiger partial charge < -0.3 is 15.0 Å². The molecular weight excluding hydrogens is 472 g/mol. The average molecular weight is 497 g/mol. The number of morpholine rings is 1. The number of imidazole rings is 1. The molecule has 1 aliphatic heterocycles. The molecular formula is C23H24N6O3S2. The Kier molecular flexibility index (Phi) is 6.42. The van der Waals surface area contributed by atoms with Gasteiger partial charge in [-0.25, -0.2) is 23.4 Å². The Morgan fingerprint density at radius 1 is 1.15 bits per heavy atom. The summed E-state index contributed by atoms with van der Waals surface area (Å²) in [6, 6.07) is 15.8. The van der Waals surface area contributed by atoms with Gasteiger partial charge in [0.15, 0.2) is 10.2 Å². The monoisotopic (exact) mass is 496 g/mol. The van der Waals surface area contributed by atoms with Crippen LogP contribution in [0.1, 0.15) is 28.1 Å². The van der Waals surface area contributed by atoms with Crippen LogP contribution in [0.2, 0.25) is 0 Å². The number of sulfonamides is 1. The lowest BCUT2D eigenvalue weighted by Gasteiger charge is -2.31. The second kappa shape index (κ2) is 9.63. The summed E-state index contributed by atoms with van der Waals surface area (Å²) in [6.07, 6.45) is 3.56. The van der Waals surface area contributed by atoms with Crippen LogP contribution in [-0.2, 0) is 21.2 Å². The number of aromatic nitrogens is 4. The Hall–Kier alpha value is -3.12. The SMILES string of the molecule is Cc1ncc(S(=O)(=O)N2CCO[C@@H](c3cccc(Nc4ncc(Cc5ccccc5)s4)n3)C2)[nH]1. The van der Waals surface area contributed by atoms with Crippen molar-refractivity contribution in [2.45, 2.75) is 24.5 Å². The van der Waals surface area contributed by atoms with Crippen LogP contribution in [0.5, 0.6) is 0 Å². The standard InChI is InChI=1S/C23H24N6O3S2/c1-16-24-14-22(26-16)34(30,31)29-10-11-32-20(15-29)19-8-5-9-21(27-19)28-23-25-13-18(33-23)12-17-6-3-2-4-7-17/h2-9,13-14,20H,10-12,15H2,1H3,(H,24,26)(H,25,27,28)/t20-/m1/s1. The lowest BCUT2D eigenvalue weighted by Crippen LogP contribution is -2.42. The molecule has 176 valence electrons. The molecule has 34 heavy (non-hydrogen) atoms. The highest BCUT2D eigenvalue weighted by Gasteiger charge is 2.33. The normalized spacial score (nSPS) is 17.0. The molecule has 11 heteroatoms. The Morgan fingerprint density at radius 3 is 2.79 bits per heavy atom. The van der Waals surface area contributed by atoms with Crippen LogP contribution in [0.3, 0.4) is 0 Å². The summed E-state index contributed by atoms with van der Waals surface area (Å²) in [5.41, 5.74) is 1.89. The van der Waals surface area contributed by atoms with Gasteiger partial charge in [-0.3, -0.25) is 0 Å². The minimum absolute atomic E-state index is 0.0871. The highest BCUT2D eigenvalue weighted by Crippen LogP contribution is 2.28. The van der Waals surface area contributed by atoms with Gasteiger partial charge in [0.25, 0.3) is 10.0 Å². The molecule has 0 aliphatic carbocycles. The van der Waals surface area contributed by atoms with Crippen molar-refractivity contribution in [2.24, 2.45) is 0 Å². The van der Waals surface area contributed by atoms with Crippen LogP contribution in [0, 0.1) is 6.92 Å². The molecule has 0 amide bonds. The van der Waals surface area contributed by atoms with E-state index in [2.05, 4.69) is 37.4 Å². The van der Waals surface area contributed by atoms with E-state index in [1.165, 1.54) is 16.1 Å². The molecule has 0 unspecified atom stereocenters. The summed E-state index contributed by atoms with van der Waals surface area (Å²) in [7, 11) is -3.68. The molecule has 1 atom stereocenters. The predicted molar refractivity (Wildman–Crippen MR) is 130 cm³/mol. The van der Waals surface area contributed by atoms with Crippen molar-refractivity contribution in [3.63, 3.8) is 0 Å². The number of anilines is 2. The molecule has 0 spiro atoms. The maximum Gasteiger partial charge on any atom is 0.260 e. The van der Waals surface area contributed by atoms with Crippen molar-refractivity contribution in [1.29, 1.82) is 0 Å². The molecule has 4 heterocycles. The number of rotatable bonds is 7. The average Bonchev–Trinajstić information content (AvgIpc) is 3.49. The molecule has 0 bridgehead atoms. The number of benzene rings is 1. The van der Waals surface area contributed by atoms with Gasteiger partial charge in [-0.2, -0.15) is 4.31 Å². The molecule has 1 fully saturated rings. The van der Waals surface area contributed by atoms with E-state index < -0.39 is 16.1 Å². The van der Waals surface area contributed by atoms with Gasteiger partial charge in [-0.1, -0.05) is 36.4 Å². The molecule has 1 aliphatic rings. The van der Waals surface area contributed by atoms with Crippen molar-refractivity contribution in [1.82, 2.24) is 24.2 Å². The minimum Gasteiger partial charge on any atom is -0.369 e. The molecule has 0 radical (unpaired) electrons. The number of hydrogen-bond donors (Lipinski definition) is 2. The number of nitrogens with one attached hydrogen (secondary N) is 2. The summed E-state index contributed by atoms with van der Waals surface area (Å²) in [5.74, 6) is 1.18. The zero-order chi connectivity index (χ0) is 23.5. The van der Waals surface area contributed by atoms with Gasteiger partial charge in [-0.05, 0) is 24.6 Å². The van der Waals surface area contributed by atoms with Gasteiger partial charge in [0.2, 0.25) is 0 Å². The number of aromatic amines is 1. The largest absolute Gasteiger partial charge is 0.369 e. The van der Waals surface area contributed by atoms with E-state index in [1.54, 1.807) is 18.3 Å². The van der Waals surface area contributed by atoms with E-state index >= 15 is 0 Å². The van der Waals surface area contributed by atoms with E-state index in [-0.39, 0.29) is 24.7 Å².